The van der Waals surface area contributed by atoms with Crippen molar-refractivity contribution in [3.63, 3.8) is 0 Å². The lowest BCUT2D eigenvalue weighted by atomic mass is 10.2. The van der Waals surface area contributed by atoms with Crippen molar-refractivity contribution in [1.29, 1.82) is 0 Å². The van der Waals surface area contributed by atoms with Crippen LogP contribution in [0.25, 0.3) is 21.6 Å². The van der Waals surface area contributed by atoms with Crippen molar-refractivity contribution < 1.29 is 0 Å². The number of fused-ring (bicyclic) bond motifs is 1. The predicted molar refractivity (Wildman–Crippen MR) is 73.7 cm³/mol. The van der Waals surface area contributed by atoms with Gasteiger partial charge in [0, 0.05) is 23.0 Å². The molecule has 0 radical (unpaired) electrons. The van der Waals surface area contributed by atoms with Crippen LogP contribution in [-0.2, 0) is 6.54 Å². The van der Waals surface area contributed by atoms with E-state index in [1.165, 1.54) is 4.88 Å². The summed E-state index contributed by atoms with van der Waals surface area (Å²) in [7, 11) is 0. The van der Waals surface area contributed by atoms with E-state index in [4.69, 9.17) is 0 Å². The van der Waals surface area contributed by atoms with E-state index in [2.05, 4.69) is 35.0 Å². The summed E-state index contributed by atoms with van der Waals surface area (Å²) in [5.74, 6) is 0. The molecule has 18 heavy (non-hydrogen) atoms. The van der Waals surface area contributed by atoms with Crippen molar-refractivity contribution >= 4 is 21.6 Å². The molecule has 0 aliphatic heterocycles. The van der Waals surface area contributed by atoms with E-state index in [0.29, 0.717) is 0 Å². The number of rotatable bonds is 3. The van der Waals surface area contributed by atoms with Crippen LogP contribution in [-0.4, -0.2) is 19.7 Å². The summed E-state index contributed by atoms with van der Waals surface area (Å²) >= 11 is 1.70. The van der Waals surface area contributed by atoms with Crippen molar-refractivity contribution in [1.82, 2.24) is 19.7 Å². The molecule has 0 aliphatic carbocycles. The standard InChI is InChI=1S/C13H14N4S/c1-3-6-17-11(4-5-16-17)12-10-7-9(2)18-13(10)15-8-14-12/h4-5,7-8H,3,6H2,1-2H3. The number of hydrogen-bond donors (Lipinski definition) is 0. The molecule has 3 aromatic rings. The van der Waals surface area contributed by atoms with E-state index >= 15 is 0 Å². The predicted octanol–water partition coefficient (Wildman–Crippen LogP) is 3.27. The zero-order valence-electron chi connectivity index (χ0n) is 10.4. The molecule has 0 aromatic carbocycles. The van der Waals surface area contributed by atoms with Gasteiger partial charge in [0.25, 0.3) is 0 Å². The molecule has 0 bridgehead atoms. The van der Waals surface area contributed by atoms with Gasteiger partial charge in [0.1, 0.15) is 16.9 Å². The van der Waals surface area contributed by atoms with Crippen molar-refractivity contribution in [2.24, 2.45) is 0 Å². The molecular formula is C13H14N4S. The average Bonchev–Trinajstić information content (AvgIpc) is 2.94. The lowest BCUT2D eigenvalue weighted by Gasteiger charge is -2.05. The topological polar surface area (TPSA) is 43.6 Å². The molecule has 0 spiro atoms. The third kappa shape index (κ3) is 1.80. The molecule has 0 N–H and O–H groups in total. The number of aryl methyl sites for hydroxylation is 2. The van der Waals surface area contributed by atoms with Crippen LogP contribution in [0.2, 0.25) is 0 Å². The van der Waals surface area contributed by atoms with Crippen LogP contribution < -0.4 is 0 Å². The van der Waals surface area contributed by atoms with Crippen LogP contribution in [0.3, 0.4) is 0 Å². The quantitative estimate of drug-likeness (QED) is 0.724. The lowest BCUT2D eigenvalue weighted by molar-refractivity contribution is 0.608. The van der Waals surface area contributed by atoms with E-state index in [9.17, 15) is 0 Å². The van der Waals surface area contributed by atoms with Crippen LogP contribution in [0.5, 0.6) is 0 Å². The smallest absolute Gasteiger partial charge is 0.127 e. The Balaban J connectivity index is 2.21. The van der Waals surface area contributed by atoms with Crippen molar-refractivity contribution in [3.8, 4) is 11.4 Å². The van der Waals surface area contributed by atoms with Crippen LogP contribution >= 0.6 is 11.3 Å². The Morgan fingerprint density at radius 1 is 1.33 bits per heavy atom. The zero-order chi connectivity index (χ0) is 12.5. The summed E-state index contributed by atoms with van der Waals surface area (Å²) in [5, 5.41) is 5.48. The molecule has 4 nitrogen and oxygen atoms in total. The first-order chi connectivity index (χ1) is 8.79. The van der Waals surface area contributed by atoms with Gasteiger partial charge in [-0.15, -0.1) is 11.3 Å². The Labute approximate surface area is 109 Å². The van der Waals surface area contributed by atoms with Gasteiger partial charge in [-0.3, -0.25) is 4.68 Å². The van der Waals surface area contributed by atoms with Gasteiger partial charge in [0.2, 0.25) is 0 Å². The fourth-order valence-electron chi connectivity index (χ4n) is 2.10. The number of aromatic nitrogens is 4. The maximum atomic E-state index is 4.44. The van der Waals surface area contributed by atoms with E-state index in [1.54, 1.807) is 17.7 Å². The van der Waals surface area contributed by atoms with E-state index in [0.717, 1.165) is 34.6 Å². The lowest BCUT2D eigenvalue weighted by Crippen LogP contribution is -2.02. The van der Waals surface area contributed by atoms with Gasteiger partial charge >= 0.3 is 0 Å². The highest BCUT2D eigenvalue weighted by Crippen LogP contribution is 2.30. The van der Waals surface area contributed by atoms with Crippen molar-refractivity contribution in [2.75, 3.05) is 0 Å². The number of hydrogen-bond acceptors (Lipinski definition) is 4. The normalized spacial score (nSPS) is 11.2. The number of nitrogens with zero attached hydrogens (tertiary/aromatic N) is 4. The molecule has 0 saturated heterocycles. The Morgan fingerprint density at radius 3 is 3.06 bits per heavy atom. The SMILES string of the molecule is CCCn1nccc1-c1ncnc2sc(C)cc12. The summed E-state index contributed by atoms with van der Waals surface area (Å²) in [5.41, 5.74) is 2.05. The Hall–Kier alpha value is -1.75. The summed E-state index contributed by atoms with van der Waals surface area (Å²) in [6.45, 7) is 5.16. The third-order valence-corrected chi connectivity index (χ3v) is 3.81. The minimum absolute atomic E-state index is 0.914. The second kappa shape index (κ2) is 4.49. The van der Waals surface area contributed by atoms with Gasteiger partial charge < -0.3 is 0 Å². The maximum Gasteiger partial charge on any atom is 0.127 e. The van der Waals surface area contributed by atoms with Crippen LogP contribution in [0.4, 0.5) is 0 Å². The summed E-state index contributed by atoms with van der Waals surface area (Å²) < 4.78 is 2.01. The first-order valence-corrected chi connectivity index (χ1v) is 6.84. The van der Waals surface area contributed by atoms with Gasteiger partial charge in [0.15, 0.2) is 0 Å². The molecule has 0 aliphatic rings. The van der Waals surface area contributed by atoms with Crippen LogP contribution in [0.15, 0.2) is 24.7 Å². The summed E-state index contributed by atoms with van der Waals surface area (Å²) in [4.78, 5) is 11.1. The highest BCUT2D eigenvalue weighted by Gasteiger charge is 2.12. The highest BCUT2D eigenvalue weighted by atomic mass is 32.1. The Morgan fingerprint density at radius 2 is 2.22 bits per heavy atom. The molecule has 3 heterocycles. The molecule has 3 aromatic heterocycles. The van der Waals surface area contributed by atoms with Crippen molar-refractivity contribution in [3.05, 3.63) is 29.5 Å². The van der Waals surface area contributed by atoms with Gasteiger partial charge in [-0.2, -0.15) is 5.10 Å². The molecule has 0 saturated carbocycles. The maximum absolute atomic E-state index is 4.44. The second-order valence-corrected chi connectivity index (χ2v) is 5.47. The third-order valence-electron chi connectivity index (χ3n) is 2.85. The minimum atomic E-state index is 0.914. The molecular weight excluding hydrogens is 244 g/mol. The fraction of sp³-hybridized carbons (Fsp3) is 0.308. The summed E-state index contributed by atoms with van der Waals surface area (Å²) in [6, 6.07) is 4.17. The monoisotopic (exact) mass is 258 g/mol. The molecule has 0 atom stereocenters. The van der Waals surface area contributed by atoms with Crippen LogP contribution in [0.1, 0.15) is 18.2 Å². The molecule has 0 amide bonds. The zero-order valence-corrected chi connectivity index (χ0v) is 11.2. The highest BCUT2D eigenvalue weighted by molar-refractivity contribution is 7.18. The Kier molecular flexibility index (Phi) is 2.83. The molecule has 3 rings (SSSR count). The van der Waals surface area contributed by atoms with Gasteiger partial charge in [-0.1, -0.05) is 6.92 Å². The van der Waals surface area contributed by atoms with Crippen molar-refractivity contribution in [2.45, 2.75) is 26.8 Å². The molecule has 0 fully saturated rings. The number of thiophene rings is 1. The van der Waals surface area contributed by atoms with E-state index < -0.39 is 0 Å². The molecule has 5 heteroatoms. The first-order valence-electron chi connectivity index (χ1n) is 6.03. The van der Waals surface area contributed by atoms with Gasteiger partial charge in [-0.25, -0.2) is 9.97 Å². The molecule has 92 valence electrons. The first kappa shape index (κ1) is 11.3. The van der Waals surface area contributed by atoms with Gasteiger partial charge in [0.05, 0.1) is 5.69 Å². The molecule has 0 unspecified atom stereocenters. The minimum Gasteiger partial charge on any atom is -0.263 e. The second-order valence-electron chi connectivity index (χ2n) is 4.24. The average molecular weight is 258 g/mol. The summed E-state index contributed by atoms with van der Waals surface area (Å²) in [6.07, 6.45) is 4.53. The van der Waals surface area contributed by atoms with Gasteiger partial charge in [-0.05, 0) is 25.5 Å². The van der Waals surface area contributed by atoms with E-state index in [-0.39, 0.29) is 0 Å². The largest absolute Gasteiger partial charge is 0.263 e. The van der Waals surface area contributed by atoms with E-state index in [1.807, 2.05) is 16.9 Å². The van der Waals surface area contributed by atoms with Crippen LogP contribution in [0, 0.1) is 6.92 Å². The Bertz CT molecular complexity index is 683. The fourth-order valence-corrected chi connectivity index (χ4v) is 2.95.